The molecular formula is C36H23N3. The van der Waals surface area contributed by atoms with Crippen LogP contribution < -0.4 is 4.90 Å². The predicted molar refractivity (Wildman–Crippen MR) is 161 cm³/mol. The van der Waals surface area contributed by atoms with E-state index in [9.17, 15) is 0 Å². The van der Waals surface area contributed by atoms with Crippen molar-refractivity contribution >= 4 is 38.9 Å². The number of hydrogen-bond donors (Lipinski definition) is 0. The number of fused-ring (bicyclic) bond motifs is 5. The number of anilines is 3. The van der Waals surface area contributed by atoms with Crippen LogP contribution in [0.2, 0.25) is 0 Å². The molecule has 3 heteroatoms. The van der Waals surface area contributed by atoms with Crippen molar-refractivity contribution in [1.29, 1.82) is 0 Å². The summed E-state index contributed by atoms with van der Waals surface area (Å²) in [5.74, 6) is 1.00. The molecule has 7 aromatic rings. The molecule has 0 unspecified atom stereocenters. The molecule has 0 saturated carbocycles. The zero-order chi connectivity index (χ0) is 25.7. The Hall–Kier alpha value is -5.15. The van der Waals surface area contributed by atoms with Gasteiger partial charge in [-0.1, -0.05) is 84.9 Å². The molecule has 0 spiro atoms. The highest BCUT2D eigenvalue weighted by Crippen LogP contribution is 2.51. The third kappa shape index (κ3) is 2.69. The zero-order valence-corrected chi connectivity index (χ0v) is 21.4. The summed E-state index contributed by atoms with van der Waals surface area (Å²) in [6.45, 7) is 2.10. The molecule has 1 aliphatic heterocycles. The minimum atomic E-state index is 1.00. The van der Waals surface area contributed by atoms with Gasteiger partial charge in [0.05, 0.1) is 28.1 Å². The van der Waals surface area contributed by atoms with E-state index in [1.54, 1.807) is 0 Å². The van der Waals surface area contributed by atoms with Crippen molar-refractivity contribution in [3.8, 4) is 39.1 Å². The normalized spacial score (nSPS) is 12.7. The van der Waals surface area contributed by atoms with Gasteiger partial charge in [0.1, 0.15) is 5.82 Å². The molecule has 182 valence electrons. The predicted octanol–water partition coefficient (Wildman–Crippen LogP) is 9.58. The van der Waals surface area contributed by atoms with Crippen LogP contribution in [0.1, 0.15) is 5.82 Å². The highest BCUT2D eigenvalue weighted by atomic mass is 15.2. The summed E-state index contributed by atoms with van der Waals surface area (Å²) in [6, 6.07) is 44.1. The largest absolute Gasteiger partial charge is 0.306 e. The Bertz CT molecular complexity index is 2110. The van der Waals surface area contributed by atoms with E-state index >= 15 is 0 Å². The third-order valence-corrected chi connectivity index (χ3v) is 8.39. The smallest absolute Gasteiger partial charge is 0.111 e. The second kappa shape index (κ2) is 7.46. The fourth-order valence-electron chi connectivity index (χ4n) is 6.80. The van der Waals surface area contributed by atoms with Crippen molar-refractivity contribution in [2.45, 2.75) is 6.92 Å². The van der Waals surface area contributed by atoms with Crippen LogP contribution in [0.15, 0.2) is 121 Å². The molecule has 0 N–H and O–H groups in total. The molecule has 0 saturated heterocycles. The van der Waals surface area contributed by atoms with Crippen LogP contribution in [0.5, 0.6) is 0 Å². The molecule has 0 bridgehead atoms. The maximum absolute atomic E-state index is 4.92. The molecule has 1 aliphatic carbocycles. The lowest BCUT2D eigenvalue weighted by Gasteiger charge is -2.33. The van der Waals surface area contributed by atoms with Crippen molar-refractivity contribution in [2.75, 3.05) is 4.90 Å². The lowest BCUT2D eigenvalue weighted by molar-refractivity contribution is 0.982. The van der Waals surface area contributed by atoms with Crippen LogP contribution in [0.4, 0.5) is 17.1 Å². The summed E-state index contributed by atoms with van der Waals surface area (Å²) in [7, 11) is 0. The zero-order valence-electron chi connectivity index (χ0n) is 21.4. The first kappa shape index (κ1) is 20.9. The van der Waals surface area contributed by atoms with Crippen LogP contribution in [-0.2, 0) is 0 Å². The number of hydrogen-bond acceptors (Lipinski definition) is 2. The van der Waals surface area contributed by atoms with Crippen molar-refractivity contribution in [3.05, 3.63) is 127 Å². The number of para-hydroxylation sites is 2. The summed E-state index contributed by atoms with van der Waals surface area (Å²) in [6.07, 6.45) is 0. The summed E-state index contributed by atoms with van der Waals surface area (Å²) < 4.78 is 2.31. The van der Waals surface area contributed by atoms with Crippen LogP contribution >= 0.6 is 0 Å². The molecule has 2 heterocycles. The van der Waals surface area contributed by atoms with E-state index in [1.807, 2.05) is 0 Å². The summed E-state index contributed by atoms with van der Waals surface area (Å²) >= 11 is 0. The van der Waals surface area contributed by atoms with Crippen molar-refractivity contribution < 1.29 is 0 Å². The van der Waals surface area contributed by atoms with Crippen molar-refractivity contribution in [3.63, 3.8) is 0 Å². The standard InChI is InChI=1S/C36H23N3/c1-22-37-31-15-8-16-33-36(31)38(22)32-20-17-23(21-34(32)39(33)24-9-3-2-4-10-24)25-18-19-30-27-12-6-5-11-26(27)29-14-7-13-28(25)35(29)30/h2-21H,1H3. The molecule has 3 nitrogen and oxygen atoms in total. The molecule has 0 atom stereocenters. The van der Waals surface area contributed by atoms with Gasteiger partial charge in [-0.3, -0.25) is 4.57 Å². The van der Waals surface area contributed by atoms with Crippen LogP contribution in [-0.4, -0.2) is 9.55 Å². The maximum Gasteiger partial charge on any atom is 0.111 e. The number of rotatable bonds is 2. The summed E-state index contributed by atoms with van der Waals surface area (Å²) in [4.78, 5) is 7.30. The molecule has 0 fully saturated rings. The Morgan fingerprint density at radius 2 is 1.26 bits per heavy atom. The lowest BCUT2D eigenvalue weighted by Crippen LogP contribution is -2.18. The van der Waals surface area contributed by atoms with Gasteiger partial charge >= 0.3 is 0 Å². The first-order valence-electron chi connectivity index (χ1n) is 13.4. The fourth-order valence-corrected chi connectivity index (χ4v) is 6.80. The molecule has 2 aliphatic rings. The maximum atomic E-state index is 4.92. The Morgan fingerprint density at radius 3 is 2.10 bits per heavy atom. The topological polar surface area (TPSA) is 21.1 Å². The number of nitrogens with zero attached hydrogens (tertiary/aromatic N) is 3. The summed E-state index contributed by atoms with van der Waals surface area (Å²) in [5.41, 5.74) is 14.6. The first-order valence-corrected chi connectivity index (χ1v) is 13.4. The molecule has 9 rings (SSSR count). The van der Waals surface area contributed by atoms with E-state index in [-0.39, 0.29) is 0 Å². The molecule has 0 amide bonds. The molecule has 39 heavy (non-hydrogen) atoms. The first-order chi connectivity index (χ1) is 19.3. The molecule has 6 aromatic carbocycles. The van der Waals surface area contributed by atoms with Gasteiger partial charge < -0.3 is 4.90 Å². The third-order valence-electron chi connectivity index (χ3n) is 8.39. The van der Waals surface area contributed by atoms with Crippen LogP contribution in [0.3, 0.4) is 0 Å². The molecule has 1 aromatic heterocycles. The highest BCUT2D eigenvalue weighted by molar-refractivity contribution is 6.18. The van der Waals surface area contributed by atoms with E-state index in [1.165, 1.54) is 44.2 Å². The SMILES string of the molecule is Cc1nc2cccc3c2n1-c1ccc(-c2ccc4c5c(cccc25)-c2ccccc2-4)cc1N3c1ccccc1. The Morgan fingerprint density at radius 1 is 0.538 bits per heavy atom. The quantitative estimate of drug-likeness (QED) is 0.237. The van der Waals surface area contributed by atoms with E-state index < -0.39 is 0 Å². The van der Waals surface area contributed by atoms with Crippen molar-refractivity contribution in [2.24, 2.45) is 0 Å². The second-order valence-electron chi connectivity index (χ2n) is 10.4. The van der Waals surface area contributed by atoms with Gasteiger partial charge in [0, 0.05) is 5.69 Å². The van der Waals surface area contributed by atoms with E-state index in [4.69, 9.17) is 4.98 Å². The summed E-state index contributed by atoms with van der Waals surface area (Å²) in [5, 5.41) is 2.65. The van der Waals surface area contributed by atoms with Crippen LogP contribution in [0.25, 0.3) is 60.9 Å². The Balaban J connectivity index is 1.33. The number of aromatic nitrogens is 2. The average molecular weight is 498 g/mol. The second-order valence-corrected chi connectivity index (χ2v) is 10.4. The van der Waals surface area contributed by atoms with Gasteiger partial charge in [-0.25, -0.2) is 4.98 Å². The number of benzene rings is 6. The molecular weight excluding hydrogens is 474 g/mol. The van der Waals surface area contributed by atoms with E-state index in [2.05, 4.69) is 138 Å². The van der Waals surface area contributed by atoms with Crippen LogP contribution in [0, 0.1) is 6.92 Å². The van der Waals surface area contributed by atoms with E-state index in [0.717, 1.165) is 39.6 Å². The van der Waals surface area contributed by atoms with Gasteiger partial charge in [-0.15, -0.1) is 0 Å². The Labute approximate surface area is 226 Å². The minimum absolute atomic E-state index is 1.00. The van der Waals surface area contributed by atoms with Gasteiger partial charge in [0.25, 0.3) is 0 Å². The highest BCUT2D eigenvalue weighted by Gasteiger charge is 2.29. The minimum Gasteiger partial charge on any atom is -0.306 e. The monoisotopic (exact) mass is 497 g/mol. The van der Waals surface area contributed by atoms with Gasteiger partial charge in [0.2, 0.25) is 0 Å². The van der Waals surface area contributed by atoms with Gasteiger partial charge in [-0.2, -0.15) is 0 Å². The Kier molecular flexibility index (Phi) is 3.99. The molecule has 0 radical (unpaired) electrons. The fraction of sp³-hybridized carbons (Fsp3) is 0.0278. The van der Waals surface area contributed by atoms with Gasteiger partial charge in [-0.05, 0) is 87.5 Å². The van der Waals surface area contributed by atoms with Gasteiger partial charge in [0.15, 0.2) is 0 Å². The average Bonchev–Trinajstić information content (AvgIpc) is 3.50. The number of imidazole rings is 1. The number of aryl methyl sites for hydroxylation is 1. The lowest BCUT2D eigenvalue weighted by atomic mass is 9.93. The van der Waals surface area contributed by atoms with Crippen molar-refractivity contribution in [1.82, 2.24) is 9.55 Å². The van der Waals surface area contributed by atoms with E-state index in [0.29, 0.717) is 0 Å².